The summed E-state index contributed by atoms with van der Waals surface area (Å²) in [6.45, 7) is 2.35. The Balaban J connectivity index is 1.20. The number of carbonyl (C=O) groups is 1. The second kappa shape index (κ2) is 9.13. The number of thioether (sulfide) groups is 1. The van der Waals surface area contributed by atoms with E-state index in [0.717, 1.165) is 29.3 Å². The monoisotopic (exact) mass is 450 g/mol. The van der Waals surface area contributed by atoms with Crippen molar-refractivity contribution in [1.82, 2.24) is 0 Å². The van der Waals surface area contributed by atoms with E-state index in [-0.39, 0.29) is 5.92 Å². The van der Waals surface area contributed by atoms with Crippen LogP contribution in [0.2, 0.25) is 0 Å². The highest BCUT2D eigenvalue weighted by Crippen LogP contribution is 2.60. The molecule has 0 aliphatic heterocycles. The van der Waals surface area contributed by atoms with Crippen molar-refractivity contribution in [3.63, 3.8) is 0 Å². The molecule has 4 aliphatic carbocycles. The highest BCUT2D eigenvalue weighted by molar-refractivity contribution is 7.98. The third-order valence-corrected chi connectivity index (χ3v) is 9.21. The molecule has 0 amide bonds. The summed E-state index contributed by atoms with van der Waals surface area (Å²) in [6, 6.07) is 17.4. The minimum Gasteiger partial charge on any atom is -0.489 e. The van der Waals surface area contributed by atoms with Crippen LogP contribution in [-0.2, 0) is 22.6 Å². The van der Waals surface area contributed by atoms with E-state index in [9.17, 15) is 4.79 Å². The maximum atomic E-state index is 11.0. The molecule has 0 aromatic heterocycles. The fourth-order valence-corrected chi connectivity index (χ4v) is 7.80. The number of ether oxygens (including phenoxy) is 1. The van der Waals surface area contributed by atoms with E-state index in [2.05, 4.69) is 36.4 Å². The first-order valence-electron chi connectivity index (χ1n) is 12.1. The van der Waals surface area contributed by atoms with Gasteiger partial charge in [-0.1, -0.05) is 43.3 Å². The average molecular weight is 451 g/mol. The van der Waals surface area contributed by atoms with Crippen molar-refractivity contribution < 1.29 is 14.6 Å². The van der Waals surface area contributed by atoms with E-state index in [1.54, 1.807) is 24.2 Å². The highest BCUT2D eigenvalue weighted by Gasteiger charge is 2.51. The molecule has 3 nitrogen and oxygen atoms in total. The van der Waals surface area contributed by atoms with Crippen LogP contribution in [0.4, 0.5) is 0 Å². The van der Waals surface area contributed by atoms with Crippen molar-refractivity contribution >= 4 is 17.7 Å². The Morgan fingerprint density at radius 2 is 1.69 bits per heavy atom. The number of aliphatic carboxylic acids is 1. The molecule has 0 saturated heterocycles. The van der Waals surface area contributed by atoms with E-state index in [1.165, 1.54) is 49.7 Å². The first-order chi connectivity index (χ1) is 15.5. The molecule has 32 heavy (non-hydrogen) atoms. The maximum absolute atomic E-state index is 11.0. The second-order valence-electron chi connectivity index (χ2n) is 10.6. The van der Waals surface area contributed by atoms with Crippen molar-refractivity contribution in [3.8, 4) is 5.75 Å². The molecule has 4 fully saturated rings. The summed E-state index contributed by atoms with van der Waals surface area (Å²) in [5, 5.41) is 9.03. The number of carboxylic acid groups (broad SMARTS) is 1. The number of carboxylic acids is 1. The Morgan fingerprint density at radius 3 is 2.38 bits per heavy atom. The number of rotatable bonds is 9. The largest absolute Gasteiger partial charge is 0.489 e. The zero-order valence-corrected chi connectivity index (χ0v) is 19.8. The smallest absolute Gasteiger partial charge is 0.307 e. The molecule has 170 valence electrons. The lowest BCUT2D eigenvalue weighted by molar-refractivity contribution is -0.140. The van der Waals surface area contributed by atoms with Crippen molar-refractivity contribution in [2.75, 3.05) is 5.75 Å². The first-order valence-corrected chi connectivity index (χ1v) is 13.3. The molecule has 1 atom stereocenters. The van der Waals surface area contributed by atoms with Crippen molar-refractivity contribution in [3.05, 3.63) is 65.2 Å². The molecular formula is C28H34O3S. The molecule has 4 saturated carbocycles. The third-order valence-electron chi connectivity index (χ3n) is 7.94. The van der Waals surface area contributed by atoms with E-state index in [0.29, 0.717) is 17.8 Å². The van der Waals surface area contributed by atoms with Gasteiger partial charge in [0.05, 0.1) is 5.92 Å². The quantitative estimate of drug-likeness (QED) is 0.462. The summed E-state index contributed by atoms with van der Waals surface area (Å²) in [4.78, 5) is 11.0. The van der Waals surface area contributed by atoms with Crippen LogP contribution in [0.3, 0.4) is 0 Å². The number of hydrogen-bond donors (Lipinski definition) is 1. The first kappa shape index (κ1) is 21.9. The van der Waals surface area contributed by atoms with Crippen molar-refractivity contribution in [2.24, 2.45) is 23.7 Å². The van der Waals surface area contributed by atoms with Crippen LogP contribution in [0.15, 0.2) is 48.5 Å². The van der Waals surface area contributed by atoms with Crippen LogP contribution >= 0.6 is 11.8 Å². The molecule has 1 N–H and O–H groups in total. The summed E-state index contributed by atoms with van der Waals surface area (Å²) < 4.78 is 6.17. The predicted octanol–water partition coefficient (Wildman–Crippen LogP) is 6.69. The molecule has 0 spiro atoms. The topological polar surface area (TPSA) is 46.5 Å². The molecule has 2 aromatic rings. The molecule has 2 aromatic carbocycles. The van der Waals surface area contributed by atoms with Gasteiger partial charge in [0, 0.05) is 11.5 Å². The van der Waals surface area contributed by atoms with Gasteiger partial charge in [-0.05, 0) is 90.5 Å². The Kier molecular flexibility index (Phi) is 6.24. The molecule has 4 aliphatic rings. The lowest BCUT2D eigenvalue weighted by atomic mass is 9.48. The average Bonchev–Trinajstić information content (AvgIpc) is 2.77. The molecule has 1 unspecified atom stereocenters. The van der Waals surface area contributed by atoms with Crippen LogP contribution in [-0.4, -0.2) is 16.8 Å². The van der Waals surface area contributed by atoms with Gasteiger partial charge in [0.15, 0.2) is 0 Å². The minimum atomic E-state index is -0.731. The highest BCUT2D eigenvalue weighted by atomic mass is 32.2. The Labute approximate surface area is 196 Å². The summed E-state index contributed by atoms with van der Waals surface area (Å²) in [5.41, 5.74) is 4.41. The maximum Gasteiger partial charge on any atom is 0.307 e. The van der Waals surface area contributed by atoms with Gasteiger partial charge in [-0.25, -0.2) is 0 Å². The van der Waals surface area contributed by atoms with Gasteiger partial charge in [-0.15, -0.1) is 0 Å². The lowest BCUT2D eigenvalue weighted by Gasteiger charge is -2.57. The van der Waals surface area contributed by atoms with E-state index < -0.39 is 5.97 Å². The molecule has 4 bridgehead atoms. The lowest BCUT2D eigenvalue weighted by Crippen LogP contribution is -2.48. The van der Waals surface area contributed by atoms with Crippen LogP contribution in [0.25, 0.3) is 0 Å². The van der Waals surface area contributed by atoms with Gasteiger partial charge in [-0.2, -0.15) is 11.8 Å². The molecule has 6 rings (SSSR count). The summed E-state index contributed by atoms with van der Waals surface area (Å²) in [7, 11) is 0. The molecule has 0 radical (unpaired) electrons. The van der Waals surface area contributed by atoms with E-state index >= 15 is 0 Å². The van der Waals surface area contributed by atoms with Gasteiger partial charge < -0.3 is 9.84 Å². The van der Waals surface area contributed by atoms with Crippen LogP contribution in [0.1, 0.15) is 62.1 Å². The third kappa shape index (κ3) is 4.71. The molecular weight excluding hydrogens is 416 g/mol. The van der Waals surface area contributed by atoms with Gasteiger partial charge >= 0.3 is 5.97 Å². The van der Waals surface area contributed by atoms with Gasteiger partial charge in [0.2, 0.25) is 0 Å². The van der Waals surface area contributed by atoms with Crippen molar-refractivity contribution in [2.45, 2.75) is 63.2 Å². The van der Waals surface area contributed by atoms with E-state index in [1.807, 2.05) is 12.1 Å². The van der Waals surface area contributed by atoms with Crippen molar-refractivity contribution in [1.29, 1.82) is 0 Å². The number of benzene rings is 2. The zero-order chi connectivity index (χ0) is 22.1. The van der Waals surface area contributed by atoms with Gasteiger partial charge in [0.1, 0.15) is 12.4 Å². The summed E-state index contributed by atoms with van der Waals surface area (Å²) in [5.74, 6) is 4.13. The standard InChI is InChI=1S/C28H34O3S/c1-19(27(29)30)17-32-18-21-5-3-7-26(12-21)31-16-20-4-2-6-25(11-20)28-13-22-8-23(14-28)10-24(9-22)15-28/h2-7,11-12,19,22-24H,8-10,13-18H2,1H3,(H,29,30). The molecule has 4 heteroatoms. The second-order valence-corrected chi connectivity index (χ2v) is 11.6. The van der Waals surface area contributed by atoms with Crippen LogP contribution < -0.4 is 4.74 Å². The number of hydrogen-bond acceptors (Lipinski definition) is 3. The Morgan fingerprint density at radius 1 is 1.03 bits per heavy atom. The predicted molar refractivity (Wildman–Crippen MR) is 130 cm³/mol. The summed E-state index contributed by atoms with van der Waals surface area (Å²) >= 11 is 1.66. The normalized spacial score (nSPS) is 29.1. The fraction of sp³-hybridized carbons (Fsp3) is 0.536. The fourth-order valence-electron chi connectivity index (χ4n) is 6.77. The van der Waals surface area contributed by atoms with Gasteiger partial charge in [0.25, 0.3) is 0 Å². The molecule has 0 heterocycles. The SMILES string of the molecule is CC(CSCc1cccc(OCc2cccc(C34CC5CC(CC(C5)C3)C4)c2)c1)C(=O)O. The van der Waals surface area contributed by atoms with Crippen LogP contribution in [0, 0.1) is 23.7 Å². The summed E-state index contributed by atoms with van der Waals surface area (Å²) in [6.07, 6.45) is 8.61. The van der Waals surface area contributed by atoms with Crippen LogP contribution in [0.5, 0.6) is 5.75 Å². The Hall–Kier alpha value is -1.94. The van der Waals surface area contributed by atoms with E-state index in [4.69, 9.17) is 9.84 Å². The minimum absolute atomic E-state index is 0.319. The zero-order valence-electron chi connectivity index (χ0n) is 19.0. The van der Waals surface area contributed by atoms with Gasteiger partial charge in [-0.3, -0.25) is 4.79 Å². The Bertz CT molecular complexity index is 933.